The molecule has 0 aliphatic heterocycles. The number of aryl methyl sites for hydroxylation is 1. The summed E-state index contributed by atoms with van der Waals surface area (Å²) in [5.74, 6) is 2.66. The lowest BCUT2D eigenvalue weighted by atomic mass is 9.67. The average Bonchev–Trinajstić information content (AvgIpc) is 2.61. The summed E-state index contributed by atoms with van der Waals surface area (Å²) in [5.41, 5.74) is 4.26. The Morgan fingerprint density at radius 2 is 1.76 bits per heavy atom. The van der Waals surface area contributed by atoms with Crippen molar-refractivity contribution in [2.75, 3.05) is 0 Å². The van der Waals surface area contributed by atoms with E-state index >= 15 is 0 Å². The molecule has 2 unspecified atom stereocenters. The van der Waals surface area contributed by atoms with E-state index < -0.39 is 0 Å². The Morgan fingerprint density at radius 1 is 1.05 bits per heavy atom. The third-order valence-electron chi connectivity index (χ3n) is 6.04. The Bertz CT molecular complexity index is 793. The van der Waals surface area contributed by atoms with E-state index in [2.05, 4.69) is 0 Å². The second-order valence-electron chi connectivity index (χ2n) is 7.38. The number of fused-ring (bicyclic) bond motifs is 1. The Balaban J connectivity index is 1.88. The van der Waals surface area contributed by atoms with E-state index in [1.807, 2.05) is 29.5 Å². The van der Waals surface area contributed by atoms with Gasteiger partial charge in [0.2, 0.25) is 0 Å². The standard InChI is InChI=1S/C18H20N2O/c1-10-3-2-4-15-19-17-14-8-11-5-12(9-14)7-13(6-11)16(17)18(21)20(10)15/h2-4,11-14H,5-9H2,1H3. The lowest BCUT2D eigenvalue weighted by molar-refractivity contribution is 0.165. The van der Waals surface area contributed by atoms with Gasteiger partial charge in [0.25, 0.3) is 5.56 Å². The highest BCUT2D eigenvalue weighted by molar-refractivity contribution is 5.45. The van der Waals surface area contributed by atoms with E-state index in [-0.39, 0.29) is 5.56 Å². The first-order valence-corrected chi connectivity index (χ1v) is 8.23. The van der Waals surface area contributed by atoms with Crippen LogP contribution >= 0.6 is 0 Å². The van der Waals surface area contributed by atoms with E-state index in [0.29, 0.717) is 11.8 Å². The molecule has 2 aromatic rings. The van der Waals surface area contributed by atoms with E-state index in [1.165, 1.54) is 32.1 Å². The summed E-state index contributed by atoms with van der Waals surface area (Å²) in [6.45, 7) is 2.00. The van der Waals surface area contributed by atoms with Gasteiger partial charge >= 0.3 is 0 Å². The lowest BCUT2D eigenvalue weighted by Gasteiger charge is -2.38. The second kappa shape index (κ2) is 3.96. The van der Waals surface area contributed by atoms with Crippen molar-refractivity contribution in [3.63, 3.8) is 0 Å². The SMILES string of the molecule is Cc1cccc2nc3c(c(=O)n12)C1CC2CC(CC3C2)C1. The smallest absolute Gasteiger partial charge is 0.261 e. The van der Waals surface area contributed by atoms with Crippen molar-refractivity contribution in [3.8, 4) is 0 Å². The highest BCUT2D eigenvalue weighted by atomic mass is 16.1. The molecule has 2 fully saturated rings. The molecule has 2 heterocycles. The molecule has 4 aliphatic carbocycles. The third kappa shape index (κ3) is 1.55. The predicted molar refractivity (Wildman–Crippen MR) is 81.7 cm³/mol. The van der Waals surface area contributed by atoms with Crippen LogP contribution in [0.5, 0.6) is 0 Å². The monoisotopic (exact) mass is 280 g/mol. The lowest BCUT2D eigenvalue weighted by Crippen LogP contribution is -2.27. The molecule has 4 aliphatic rings. The Morgan fingerprint density at radius 3 is 2.52 bits per heavy atom. The molecule has 2 atom stereocenters. The maximum Gasteiger partial charge on any atom is 0.261 e. The van der Waals surface area contributed by atoms with Gasteiger partial charge in [0.15, 0.2) is 0 Å². The van der Waals surface area contributed by atoms with Crippen LogP contribution in [0.25, 0.3) is 5.65 Å². The summed E-state index contributed by atoms with van der Waals surface area (Å²) in [6.07, 6.45) is 6.34. The van der Waals surface area contributed by atoms with E-state index in [4.69, 9.17) is 4.98 Å². The number of aromatic nitrogens is 2. The third-order valence-corrected chi connectivity index (χ3v) is 6.04. The molecule has 2 aromatic heterocycles. The van der Waals surface area contributed by atoms with Crippen molar-refractivity contribution in [2.24, 2.45) is 11.8 Å². The van der Waals surface area contributed by atoms with Crippen molar-refractivity contribution in [2.45, 2.75) is 50.9 Å². The predicted octanol–water partition coefficient (Wildman–Crippen LogP) is 3.39. The molecule has 4 bridgehead atoms. The van der Waals surface area contributed by atoms with Gasteiger partial charge in [0.1, 0.15) is 5.65 Å². The molecule has 2 saturated carbocycles. The zero-order valence-corrected chi connectivity index (χ0v) is 12.4. The summed E-state index contributed by atoms with van der Waals surface area (Å²) in [7, 11) is 0. The van der Waals surface area contributed by atoms with Crippen LogP contribution in [0.4, 0.5) is 0 Å². The molecule has 3 heteroatoms. The van der Waals surface area contributed by atoms with Crippen LogP contribution in [0.15, 0.2) is 23.0 Å². The van der Waals surface area contributed by atoms with Gasteiger partial charge in [-0.05, 0) is 68.9 Å². The minimum absolute atomic E-state index is 0.214. The summed E-state index contributed by atoms with van der Waals surface area (Å²) in [6, 6.07) is 5.98. The van der Waals surface area contributed by atoms with Crippen molar-refractivity contribution >= 4 is 5.65 Å². The van der Waals surface area contributed by atoms with E-state index in [9.17, 15) is 4.79 Å². The van der Waals surface area contributed by atoms with Gasteiger partial charge in [-0.2, -0.15) is 0 Å². The van der Waals surface area contributed by atoms with Gasteiger partial charge in [-0.15, -0.1) is 0 Å². The molecule has 0 aromatic carbocycles. The fourth-order valence-corrected chi connectivity index (χ4v) is 5.37. The number of nitrogens with zero attached hydrogens (tertiary/aromatic N) is 2. The van der Waals surface area contributed by atoms with Gasteiger partial charge in [0, 0.05) is 17.2 Å². The zero-order chi connectivity index (χ0) is 14.1. The van der Waals surface area contributed by atoms with Crippen LogP contribution in [0.1, 0.15) is 60.9 Å². The topological polar surface area (TPSA) is 34.4 Å². The first kappa shape index (κ1) is 12.0. The van der Waals surface area contributed by atoms with Gasteiger partial charge < -0.3 is 0 Å². The van der Waals surface area contributed by atoms with E-state index in [1.54, 1.807) is 0 Å². The van der Waals surface area contributed by atoms with Crippen LogP contribution in [0, 0.1) is 18.8 Å². The maximum absolute atomic E-state index is 13.1. The zero-order valence-electron chi connectivity index (χ0n) is 12.4. The molecule has 3 nitrogen and oxygen atoms in total. The molecule has 0 spiro atoms. The van der Waals surface area contributed by atoms with Crippen LogP contribution in [0.2, 0.25) is 0 Å². The molecule has 0 N–H and O–H groups in total. The molecule has 0 amide bonds. The molecular weight excluding hydrogens is 260 g/mol. The van der Waals surface area contributed by atoms with Crippen LogP contribution in [-0.4, -0.2) is 9.38 Å². The molecular formula is C18H20N2O. The van der Waals surface area contributed by atoms with Gasteiger partial charge in [-0.1, -0.05) is 6.07 Å². The summed E-state index contributed by atoms with van der Waals surface area (Å²) < 4.78 is 1.82. The largest absolute Gasteiger partial charge is 0.269 e. The fourth-order valence-electron chi connectivity index (χ4n) is 5.37. The summed E-state index contributed by atoms with van der Waals surface area (Å²) in [5, 5.41) is 0. The highest BCUT2D eigenvalue weighted by Gasteiger charge is 2.44. The minimum Gasteiger partial charge on any atom is -0.269 e. The molecule has 21 heavy (non-hydrogen) atoms. The number of hydrogen-bond acceptors (Lipinski definition) is 2. The normalized spacial score (nSPS) is 33.2. The maximum atomic E-state index is 13.1. The second-order valence-corrected chi connectivity index (χ2v) is 7.38. The highest BCUT2D eigenvalue weighted by Crippen LogP contribution is 2.54. The minimum atomic E-state index is 0.214. The Hall–Kier alpha value is -1.64. The van der Waals surface area contributed by atoms with Crippen molar-refractivity contribution in [3.05, 3.63) is 45.5 Å². The quantitative estimate of drug-likeness (QED) is 0.741. The van der Waals surface area contributed by atoms with Crippen molar-refractivity contribution in [1.29, 1.82) is 0 Å². The van der Waals surface area contributed by atoms with Gasteiger partial charge in [-0.3, -0.25) is 9.20 Å². The molecule has 6 rings (SSSR count). The first-order chi connectivity index (χ1) is 10.2. The van der Waals surface area contributed by atoms with Crippen LogP contribution in [-0.2, 0) is 0 Å². The van der Waals surface area contributed by atoms with Gasteiger partial charge in [0.05, 0.1) is 5.69 Å². The van der Waals surface area contributed by atoms with E-state index in [0.717, 1.165) is 34.4 Å². The Kier molecular flexibility index (Phi) is 2.26. The molecule has 108 valence electrons. The van der Waals surface area contributed by atoms with Crippen molar-refractivity contribution in [1.82, 2.24) is 9.38 Å². The van der Waals surface area contributed by atoms with Crippen LogP contribution in [0.3, 0.4) is 0 Å². The molecule has 0 radical (unpaired) electrons. The van der Waals surface area contributed by atoms with Gasteiger partial charge in [-0.25, -0.2) is 4.98 Å². The molecule has 0 saturated heterocycles. The number of rotatable bonds is 0. The average molecular weight is 280 g/mol. The fraction of sp³-hybridized carbons (Fsp3) is 0.556. The summed E-state index contributed by atoms with van der Waals surface area (Å²) in [4.78, 5) is 18.1. The number of hydrogen-bond donors (Lipinski definition) is 0. The Labute approximate surface area is 124 Å². The number of pyridine rings is 1. The van der Waals surface area contributed by atoms with Crippen molar-refractivity contribution < 1.29 is 0 Å². The van der Waals surface area contributed by atoms with Crippen LogP contribution < -0.4 is 5.56 Å². The summed E-state index contributed by atoms with van der Waals surface area (Å²) >= 11 is 0. The first-order valence-electron chi connectivity index (χ1n) is 8.23.